The maximum atomic E-state index is 6.08. The Balaban J connectivity index is 2.16. The van der Waals surface area contributed by atoms with Gasteiger partial charge in [0.2, 0.25) is 0 Å². The molecular formula is C13H20ClN3OS. The maximum absolute atomic E-state index is 6.08. The van der Waals surface area contributed by atoms with Crippen molar-refractivity contribution < 1.29 is 4.74 Å². The van der Waals surface area contributed by atoms with E-state index in [1.165, 1.54) is 0 Å². The van der Waals surface area contributed by atoms with E-state index < -0.39 is 0 Å². The molecule has 4 nitrogen and oxygen atoms in total. The van der Waals surface area contributed by atoms with Crippen molar-refractivity contribution >= 4 is 29.2 Å². The highest BCUT2D eigenvalue weighted by atomic mass is 35.5. The van der Waals surface area contributed by atoms with Crippen molar-refractivity contribution in [2.45, 2.75) is 32.1 Å². The fraction of sp³-hybridized carbons (Fsp3) is 0.692. The number of hydrogen-bond acceptors (Lipinski definition) is 5. The summed E-state index contributed by atoms with van der Waals surface area (Å²) in [5, 5.41) is 0.482. The lowest BCUT2D eigenvalue weighted by molar-refractivity contribution is 0.128. The van der Waals surface area contributed by atoms with E-state index in [9.17, 15) is 0 Å². The van der Waals surface area contributed by atoms with Crippen LogP contribution in [0.1, 0.15) is 26.6 Å². The molecule has 0 atom stereocenters. The fourth-order valence-electron chi connectivity index (χ4n) is 2.08. The monoisotopic (exact) mass is 301 g/mol. The minimum Gasteiger partial charge on any atom is -0.374 e. The number of halogens is 1. The van der Waals surface area contributed by atoms with Gasteiger partial charge in [-0.2, -0.15) is 11.8 Å². The predicted octanol–water partition coefficient (Wildman–Crippen LogP) is 3.00. The second kappa shape index (κ2) is 6.29. The average Bonchev–Trinajstić information content (AvgIpc) is 2.34. The van der Waals surface area contributed by atoms with Crippen molar-refractivity contribution in [3.63, 3.8) is 0 Å². The Morgan fingerprint density at radius 2 is 2.26 bits per heavy atom. The van der Waals surface area contributed by atoms with Crippen molar-refractivity contribution in [2.24, 2.45) is 0 Å². The lowest BCUT2D eigenvalue weighted by Gasteiger charge is -2.38. The topological polar surface area (TPSA) is 38.2 Å². The van der Waals surface area contributed by atoms with Gasteiger partial charge in [-0.25, -0.2) is 9.97 Å². The van der Waals surface area contributed by atoms with E-state index in [1.54, 1.807) is 0 Å². The summed E-state index contributed by atoms with van der Waals surface area (Å²) in [6.45, 7) is 9.50. The van der Waals surface area contributed by atoms with Crippen LogP contribution in [0.5, 0.6) is 0 Å². The van der Waals surface area contributed by atoms with Gasteiger partial charge in [-0.1, -0.05) is 11.6 Å². The Labute approximate surface area is 123 Å². The first-order valence-electron chi connectivity index (χ1n) is 6.50. The molecule has 1 saturated heterocycles. The molecule has 0 N–H and O–H groups in total. The van der Waals surface area contributed by atoms with Gasteiger partial charge in [0, 0.05) is 36.3 Å². The number of anilines is 1. The van der Waals surface area contributed by atoms with E-state index in [1.807, 2.05) is 24.8 Å². The van der Waals surface area contributed by atoms with Crippen molar-refractivity contribution in [1.82, 2.24) is 9.97 Å². The van der Waals surface area contributed by atoms with Gasteiger partial charge in [0.15, 0.2) is 5.82 Å². The van der Waals surface area contributed by atoms with Crippen LogP contribution in [0.25, 0.3) is 0 Å². The maximum Gasteiger partial charge on any atom is 0.158 e. The largest absolute Gasteiger partial charge is 0.374 e. The summed E-state index contributed by atoms with van der Waals surface area (Å²) in [5.74, 6) is 2.67. The highest BCUT2D eigenvalue weighted by Gasteiger charge is 2.28. The van der Waals surface area contributed by atoms with Crippen molar-refractivity contribution in [2.75, 3.05) is 30.3 Å². The molecule has 0 bridgehead atoms. The average molecular weight is 302 g/mol. The molecule has 1 aliphatic heterocycles. The van der Waals surface area contributed by atoms with Gasteiger partial charge in [0.25, 0.3) is 0 Å². The predicted molar refractivity (Wildman–Crippen MR) is 81.1 cm³/mol. The van der Waals surface area contributed by atoms with Gasteiger partial charge < -0.3 is 9.64 Å². The molecule has 0 saturated carbocycles. The molecule has 0 aliphatic carbocycles. The van der Waals surface area contributed by atoms with Crippen LogP contribution in [-0.2, 0) is 11.3 Å². The summed E-state index contributed by atoms with van der Waals surface area (Å²) in [6, 6.07) is 1.84. The minimum absolute atomic E-state index is 0.246. The Kier molecular flexibility index (Phi) is 4.92. The molecule has 19 heavy (non-hydrogen) atoms. The van der Waals surface area contributed by atoms with E-state index in [-0.39, 0.29) is 4.75 Å². The number of rotatable bonds is 4. The third kappa shape index (κ3) is 4.23. The SMILES string of the molecule is CCOCc1nc(Cl)cc(N2CCSC(C)(C)C2)n1. The summed E-state index contributed by atoms with van der Waals surface area (Å²) in [7, 11) is 0. The normalized spacial score (nSPS) is 18.6. The van der Waals surface area contributed by atoms with Gasteiger partial charge in [-0.15, -0.1) is 0 Å². The third-order valence-corrected chi connectivity index (χ3v) is 4.40. The lowest BCUT2D eigenvalue weighted by atomic mass is 10.2. The van der Waals surface area contributed by atoms with Crippen LogP contribution >= 0.6 is 23.4 Å². The number of hydrogen-bond donors (Lipinski definition) is 0. The summed E-state index contributed by atoms with van der Waals surface area (Å²) in [6.07, 6.45) is 0. The fourth-order valence-corrected chi connectivity index (χ4v) is 3.39. The molecule has 1 aliphatic rings. The van der Waals surface area contributed by atoms with Crippen molar-refractivity contribution in [3.05, 3.63) is 17.0 Å². The van der Waals surface area contributed by atoms with Crippen LogP contribution in [-0.4, -0.2) is 40.2 Å². The first kappa shape index (κ1) is 14.9. The van der Waals surface area contributed by atoms with Crippen LogP contribution in [0.15, 0.2) is 6.07 Å². The van der Waals surface area contributed by atoms with Crippen molar-refractivity contribution in [3.8, 4) is 0 Å². The van der Waals surface area contributed by atoms with E-state index in [2.05, 4.69) is 28.7 Å². The first-order valence-corrected chi connectivity index (χ1v) is 7.86. The summed E-state index contributed by atoms with van der Waals surface area (Å²) in [4.78, 5) is 11.0. The Morgan fingerprint density at radius 1 is 1.47 bits per heavy atom. The molecule has 0 radical (unpaired) electrons. The van der Waals surface area contributed by atoms with Gasteiger partial charge in [0.05, 0.1) is 0 Å². The zero-order chi connectivity index (χ0) is 13.9. The Morgan fingerprint density at radius 3 is 2.95 bits per heavy atom. The first-order chi connectivity index (χ1) is 9.00. The van der Waals surface area contributed by atoms with Crippen molar-refractivity contribution in [1.29, 1.82) is 0 Å². The standard InChI is InChI=1S/C13H20ClN3OS/c1-4-18-8-11-15-10(14)7-12(16-11)17-5-6-19-13(2,3)9-17/h7H,4-6,8-9H2,1-3H3. The van der Waals surface area contributed by atoms with Crippen LogP contribution in [0.3, 0.4) is 0 Å². The van der Waals surface area contributed by atoms with Crippen LogP contribution in [0, 0.1) is 0 Å². The quantitative estimate of drug-likeness (QED) is 0.799. The van der Waals surface area contributed by atoms with Gasteiger partial charge in [-0.3, -0.25) is 0 Å². The molecule has 1 fully saturated rings. The van der Waals surface area contributed by atoms with Gasteiger partial charge in [0.1, 0.15) is 17.6 Å². The molecule has 1 aromatic heterocycles. The van der Waals surface area contributed by atoms with E-state index in [0.717, 1.165) is 24.7 Å². The molecule has 0 amide bonds. The third-order valence-electron chi connectivity index (χ3n) is 2.91. The molecule has 1 aromatic rings. The van der Waals surface area contributed by atoms with Crippen LogP contribution < -0.4 is 4.90 Å². The lowest BCUT2D eigenvalue weighted by Crippen LogP contribution is -2.43. The van der Waals surface area contributed by atoms with E-state index in [0.29, 0.717) is 24.2 Å². The molecule has 0 aromatic carbocycles. The number of nitrogens with zero attached hydrogens (tertiary/aromatic N) is 3. The van der Waals surface area contributed by atoms with Gasteiger partial charge in [-0.05, 0) is 20.8 Å². The molecular weight excluding hydrogens is 282 g/mol. The Bertz CT molecular complexity index is 442. The molecule has 2 heterocycles. The summed E-state index contributed by atoms with van der Waals surface area (Å²) in [5.41, 5.74) is 0. The minimum atomic E-state index is 0.246. The summed E-state index contributed by atoms with van der Waals surface area (Å²) >= 11 is 8.08. The molecule has 2 rings (SSSR count). The van der Waals surface area contributed by atoms with Crippen LogP contribution in [0.2, 0.25) is 5.15 Å². The number of aromatic nitrogens is 2. The second-order valence-corrected chi connectivity index (χ2v) is 7.32. The zero-order valence-corrected chi connectivity index (χ0v) is 13.2. The molecule has 0 unspecified atom stereocenters. The second-order valence-electron chi connectivity index (χ2n) is 5.13. The highest BCUT2D eigenvalue weighted by Crippen LogP contribution is 2.32. The highest BCUT2D eigenvalue weighted by molar-refractivity contribution is 8.00. The van der Waals surface area contributed by atoms with E-state index >= 15 is 0 Å². The molecule has 106 valence electrons. The smallest absolute Gasteiger partial charge is 0.158 e. The molecule has 6 heteroatoms. The van der Waals surface area contributed by atoms with E-state index in [4.69, 9.17) is 16.3 Å². The number of thioether (sulfide) groups is 1. The Hall–Kier alpha value is -0.520. The zero-order valence-electron chi connectivity index (χ0n) is 11.6. The summed E-state index contributed by atoms with van der Waals surface area (Å²) < 4.78 is 5.60. The number of ether oxygens (including phenoxy) is 1. The molecule has 0 spiro atoms. The van der Waals surface area contributed by atoms with Crippen LogP contribution in [0.4, 0.5) is 5.82 Å². The van der Waals surface area contributed by atoms with Gasteiger partial charge >= 0.3 is 0 Å².